The van der Waals surface area contributed by atoms with Gasteiger partial charge < -0.3 is 4.74 Å². The molecule has 0 fully saturated rings. The zero-order valence-corrected chi connectivity index (χ0v) is 36.3. The lowest BCUT2D eigenvalue weighted by atomic mass is 9.65. The normalized spacial score (nSPS) is 13.8. The SMILES string of the molecule is CC(C)(C)c1ccc2c(c1)C(c1cccc(-c3cccc4sc5ccccc5c34)n1)(c1cccc(-c3cccc4sc5ccccc5c34)n1)c1cc(C(C)(C)C)ccc1O2. The summed E-state index contributed by atoms with van der Waals surface area (Å²) < 4.78 is 12.0. The van der Waals surface area contributed by atoms with Crippen molar-refractivity contribution in [3.63, 3.8) is 0 Å². The van der Waals surface area contributed by atoms with Gasteiger partial charge in [0.05, 0.1) is 22.8 Å². The first-order valence-electron chi connectivity index (χ1n) is 20.7. The Morgan fingerprint density at radius 1 is 0.433 bits per heavy atom. The van der Waals surface area contributed by atoms with Gasteiger partial charge in [-0.2, -0.15) is 0 Å². The average molecular weight is 813 g/mol. The average Bonchev–Trinajstić information content (AvgIpc) is 3.83. The Hall–Kier alpha value is -6.14. The van der Waals surface area contributed by atoms with Gasteiger partial charge in [0.25, 0.3) is 0 Å². The van der Waals surface area contributed by atoms with E-state index in [1.54, 1.807) is 0 Å². The van der Waals surface area contributed by atoms with E-state index in [0.29, 0.717) is 0 Å². The second kappa shape index (κ2) is 13.4. The summed E-state index contributed by atoms with van der Waals surface area (Å²) in [7, 11) is 0. The number of thiophene rings is 2. The quantitative estimate of drug-likeness (QED) is 0.178. The first kappa shape index (κ1) is 36.9. The Morgan fingerprint density at radius 2 is 0.850 bits per heavy atom. The highest BCUT2D eigenvalue weighted by atomic mass is 32.1. The monoisotopic (exact) mass is 812 g/mol. The van der Waals surface area contributed by atoms with Crippen molar-refractivity contribution in [1.82, 2.24) is 9.97 Å². The predicted octanol–water partition coefficient (Wildman–Crippen LogP) is 15.6. The highest BCUT2D eigenvalue weighted by Gasteiger charge is 2.49. The molecule has 0 bridgehead atoms. The van der Waals surface area contributed by atoms with E-state index in [-0.39, 0.29) is 10.8 Å². The molecule has 0 saturated carbocycles. The summed E-state index contributed by atoms with van der Waals surface area (Å²) in [6.45, 7) is 13.7. The maximum absolute atomic E-state index is 6.98. The summed E-state index contributed by atoms with van der Waals surface area (Å²) >= 11 is 3.67. The van der Waals surface area contributed by atoms with Gasteiger partial charge in [-0.25, -0.2) is 0 Å². The van der Waals surface area contributed by atoms with Gasteiger partial charge in [0.1, 0.15) is 16.9 Å². The Bertz CT molecular complexity index is 3120. The van der Waals surface area contributed by atoms with Crippen LogP contribution in [0.3, 0.4) is 0 Å². The molecule has 5 heterocycles. The fourth-order valence-corrected chi connectivity index (χ4v) is 11.5. The van der Waals surface area contributed by atoms with Crippen LogP contribution < -0.4 is 4.74 Å². The van der Waals surface area contributed by atoms with Crippen LogP contribution in [0.1, 0.15) is 75.2 Å². The molecule has 4 aromatic heterocycles. The van der Waals surface area contributed by atoms with Crippen molar-refractivity contribution in [1.29, 1.82) is 0 Å². The molecule has 10 aromatic rings. The molecule has 0 aliphatic carbocycles. The Morgan fingerprint density at radius 3 is 1.30 bits per heavy atom. The van der Waals surface area contributed by atoms with Crippen molar-refractivity contribution in [3.8, 4) is 34.0 Å². The summed E-state index contributed by atoms with van der Waals surface area (Å²) in [5.41, 5.74) is 9.26. The molecule has 11 rings (SSSR count). The van der Waals surface area contributed by atoms with Gasteiger partial charge in [-0.1, -0.05) is 126 Å². The standard InChI is InChI=1S/C55H44N2OS2/c1-53(2,3)33-27-29-43-39(31-33)55(40-32-34(54(4,5)6)28-30-44(40)58-43,49-25-13-19-41(56-49)35-17-11-23-47-51(35)37-15-7-9-21-45(37)59-47)50-26-14-20-42(57-50)36-18-12-24-48-52(36)38-16-8-10-22-46(38)60-48/h7-32H,1-6H3. The molecule has 5 heteroatoms. The van der Waals surface area contributed by atoms with E-state index in [9.17, 15) is 0 Å². The van der Waals surface area contributed by atoms with Crippen LogP contribution >= 0.6 is 22.7 Å². The van der Waals surface area contributed by atoms with E-state index in [1.165, 1.54) is 51.5 Å². The van der Waals surface area contributed by atoms with E-state index in [2.05, 4.69) is 199 Å². The number of pyridine rings is 2. The van der Waals surface area contributed by atoms with Gasteiger partial charge in [-0.15, -0.1) is 22.7 Å². The van der Waals surface area contributed by atoms with Crippen LogP contribution in [0.5, 0.6) is 11.5 Å². The van der Waals surface area contributed by atoms with Crippen LogP contribution in [0.2, 0.25) is 0 Å². The third kappa shape index (κ3) is 5.67. The molecule has 1 aliphatic heterocycles. The fraction of sp³-hybridized carbons (Fsp3) is 0.164. The Balaban J connectivity index is 1.26. The molecule has 0 amide bonds. The largest absolute Gasteiger partial charge is 0.457 e. The third-order valence-electron chi connectivity index (χ3n) is 12.3. The molecule has 0 N–H and O–H groups in total. The molecular weight excluding hydrogens is 769 g/mol. The predicted molar refractivity (Wildman–Crippen MR) is 254 cm³/mol. The molecule has 60 heavy (non-hydrogen) atoms. The zero-order valence-electron chi connectivity index (χ0n) is 34.6. The van der Waals surface area contributed by atoms with Crippen LogP contribution in [0.15, 0.2) is 158 Å². The lowest BCUT2D eigenvalue weighted by Crippen LogP contribution is -2.37. The molecule has 292 valence electrons. The number of nitrogens with zero attached hydrogens (tertiary/aromatic N) is 2. The van der Waals surface area contributed by atoms with Crippen molar-refractivity contribution >= 4 is 63.0 Å². The number of rotatable bonds is 4. The van der Waals surface area contributed by atoms with Crippen LogP contribution in [0.25, 0.3) is 62.9 Å². The lowest BCUT2D eigenvalue weighted by molar-refractivity contribution is 0.426. The summed E-state index contributed by atoms with van der Waals surface area (Å²) in [5, 5.41) is 4.99. The molecule has 6 aromatic carbocycles. The van der Waals surface area contributed by atoms with E-state index in [1.807, 2.05) is 22.7 Å². The minimum Gasteiger partial charge on any atom is -0.457 e. The van der Waals surface area contributed by atoms with Gasteiger partial charge in [-0.3, -0.25) is 9.97 Å². The summed E-state index contributed by atoms with van der Waals surface area (Å²) in [5.74, 6) is 1.63. The fourth-order valence-electron chi connectivity index (χ4n) is 9.27. The van der Waals surface area contributed by atoms with E-state index in [4.69, 9.17) is 14.7 Å². The Labute approximate surface area is 359 Å². The van der Waals surface area contributed by atoms with Gasteiger partial charge in [0, 0.05) is 62.6 Å². The number of fused-ring (bicyclic) bond motifs is 8. The minimum absolute atomic E-state index is 0.121. The molecule has 0 atom stereocenters. The van der Waals surface area contributed by atoms with Crippen molar-refractivity contribution in [2.75, 3.05) is 0 Å². The van der Waals surface area contributed by atoms with Crippen LogP contribution in [0, 0.1) is 0 Å². The Kier molecular flexibility index (Phi) is 8.26. The smallest absolute Gasteiger partial charge is 0.132 e. The first-order chi connectivity index (χ1) is 29.0. The van der Waals surface area contributed by atoms with E-state index >= 15 is 0 Å². The van der Waals surface area contributed by atoms with Gasteiger partial charge in [0.2, 0.25) is 0 Å². The summed E-state index contributed by atoms with van der Waals surface area (Å²) in [4.78, 5) is 11.7. The second-order valence-corrected chi connectivity index (χ2v) is 20.3. The first-order valence-corrected chi connectivity index (χ1v) is 22.4. The highest BCUT2D eigenvalue weighted by Crippen LogP contribution is 2.56. The molecule has 1 aliphatic rings. The van der Waals surface area contributed by atoms with Gasteiger partial charge >= 0.3 is 0 Å². The van der Waals surface area contributed by atoms with Crippen molar-refractivity contribution < 1.29 is 4.74 Å². The maximum atomic E-state index is 6.98. The summed E-state index contributed by atoms with van der Waals surface area (Å²) in [6.07, 6.45) is 0. The number of hydrogen-bond donors (Lipinski definition) is 0. The highest BCUT2D eigenvalue weighted by molar-refractivity contribution is 7.26. The topological polar surface area (TPSA) is 35.0 Å². The van der Waals surface area contributed by atoms with Crippen LogP contribution in [-0.4, -0.2) is 9.97 Å². The van der Waals surface area contributed by atoms with Crippen molar-refractivity contribution in [2.24, 2.45) is 0 Å². The molecule has 3 nitrogen and oxygen atoms in total. The molecule has 0 radical (unpaired) electrons. The second-order valence-electron chi connectivity index (χ2n) is 18.1. The number of aromatic nitrogens is 2. The zero-order chi connectivity index (χ0) is 41.0. The number of hydrogen-bond acceptors (Lipinski definition) is 5. The lowest BCUT2D eigenvalue weighted by Gasteiger charge is -2.41. The molecule has 0 unspecified atom stereocenters. The maximum Gasteiger partial charge on any atom is 0.132 e. The third-order valence-corrected chi connectivity index (χ3v) is 14.6. The molecular formula is C55H44N2OS2. The van der Waals surface area contributed by atoms with Crippen molar-refractivity contribution in [2.45, 2.75) is 57.8 Å². The number of ether oxygens (including phenoxy) is 1. The van der Waals surface area contributed by atoms with Crippen LogP contribution in [-0.2, 0) is 16.2 Å². The van der Waals surface area contributed by atoms with Gasteiger partial charge in [0.15, 0.2) is 0 Å². The number of benzene rings is 6. The van der Waals surface area contributed by atoms with E-state index in [0.717, 1.165) is 56.5 Å². The van der Waals surface area contributed by atoms with Crippen LogP contribution in [0.4, 0.5) is 0 Å². The van der Waals surface area contributed by atoms with Crippen molar-refractivity contribution in [3.05, 3.63) is 191 Å². The molecule has 0 spiro atoms. The van der Waals surface area contributed by atoms with E-state index < -0.39 is 5.41 Å². The minimum atomic E-state index is -0.952. The summed E-state index contributed by atoms with van der Waals surface area (Å²) in [6, 6.07) is 57.3. The molecule has 0 saturated heterocycles. The van der Waals surface area contributed by atoms with Gasteiger partial charge in [-0.05, 0) is 94.8 Å².